The van der Waals surface area contributed by atoms with Crippen LogP contribution in [0.1, 0.15) is 12.6 Å². The molecule has 3 heterocycles. The molecule has 2 aromatic heterocycles. The molecule has 1 unspecified atom stereocenters. The van der Waals surface area contributed by atoms with E-state index in [-0.39, 0.29) is 11.7 Å². The molecule has 0 N–H and O–H groups in total. The zero-order valence-electron chi connectivity index (χ0n) is 15.0. The van der Waals surface area contributed by atoms with Crippen LogP contribution in [0.4, 0.5) is 5.69 Å². The lowest BCUT2D eigenvalue weighted by Crippen LogP contribution is -2.45. The third-order valence-corrected chi connectivity index (χ3v) is 5.37. The predicted molar refractivity (Wildman–Crippen MR) is 104 cm³/mol. The Kier molecular flexibility index (Phi) is 4.65. The van der Waals surface area contributed by atoms with Crippen molar-refractivity contribution >= 4 is 22.0 Å². The van der Waals surface area contributed by atoms with Crippen molar-refractivity contribution in [2.75, 3.05) is 31.6 Å². The Balaban J connectivity index is 1.46. The number of likely N-dealkylation sites (N-methyl/N-ethyl adjacent to an activating group) is 2. The van der Waals surface area contributed by atoms with Crippen LogP contribution in [-0.2, 0) is 6.54 Å². The number of fused-ring (bicyclic) bond motifs is 2. The van der Waals surface area contributed by atoms with Gasteiger partial charge in [0.25, 0.3) is 5.56 Å². The van der Waals surface area contributed by atoms with E-state index < -0.39 is 0 Å². The molecule has 0 saturated heterocycles. The summed E-state index contributed by atoms with van der Waals surface area (Å²) in [7, 11) is 2.04. The standard InChI is InChI=1S/C19H22N4O2S/c1-3-22-13-15(25-17-7-5-4-6-16(17)22)12-21(2)11-14-10-18(24)23-8-9-26-19(23)20-14/h4-10,15H,3,11-13H2,1-2H3. The van der Waals surface area contributed by atoms with Gasteiger partial charge in [-0.25, -0.2) is 4.98 Å². The topological polar surface area (TPSA) is 50.1 Å². The van der Waals surface area contributed by atoms with Crippen molar-refractivity contribution in [3.8, 4) is 5.75 Å². The molecule has 6 nitrogen and oxygen atoms in total. The molecule has 0 saturated carbocycles. The summed E-state index contributed by atoms with van der Waals surface area (Å²) in [6, 6.07) is 9.80. The number of nitrogens with zero attached hydrogens (tertiary/aromatic N) is 4. The highest BCUT2D eigenvalue weighted by Crippen LogP contribution is 2.32. The lowest BCUT2D eigenvalue weighted by molar-refractivity contribution is 0.139. The van der Waals surface area contributed by atoms with Crippen molar-refractivity contribution in [1.82, 2.24) is 14.3 Å². The van der Waals surface area contributed by atoms with Crippen molar-refractivity contribution in [3.63, 3.8) is 0 Å². The molecule has 136 valence electrons. The van der Waals surface area contributed by atoms with Crippen molar-refractivity contribution < 1.29 is 4.74 Å². The van der Waals surface area contributed by atoms with Gasteiger partial charge in [0.2, 0.25) is 0 Å². The van der Waals surface area contributed by atoms with Crippen LogP contribution in [0.2, 0.25) is 0 Å². The minimum atomic E-state index is -0.0281. The van der Waals surface area contributed by atoms with Gasteiger partial charge in [-0.15, -0.1) is 11.3 Å². The largest absolute Gasteiger partial charge is 0.485 e. The Morgan fingerprint density at radius 3 is 3.08 bits per heavy atom. The van der Waals surface area contributed by atoms with E-state index >= 15 is 0 Å². The van der Waals surface area contributed by atoms with Crippen molar-refractivity contribution in [1.29, 1.82) is 0 Å². The molecular weight excluding hydrogens is 348 g/mol. The first kappa shape index (κ1) is 17.1. The maximum Gasteiger partial charge on any atom is 0.258 e. The second-order valence-corrected chi connectivity index (χ2v) is 7.46. The quantitative estimate of drug-likeness (QED) is 0.691. The van der Waals surface area contributed by atoms with Gasteiger partial charge in [0.1, 0.15) is 11.9 Å². The molecule has 0 bridgehead atoms. The van der Waals surface area contributed by atoms with Gasteiger partial charge in [-0.05, 0) is 26.1 Å². The molecule has 26 heavy (non-hydrogen) atoms. The fraction of sp³-hybridized carbons (Fsp3) is 0.368. The zero-order valence-corrected chi connectivity index (χ0v) is 15.8. The van der Waals surface area contributed by atoms with Crippen molar-refractivity contribution in [2.24, 2.45) is 0 Å². The first-order valence-corrected chi connectivity index (χ1v) is 9.67. The first-order valence-electron chi connectivity index (χ1n) is 8.79. The number of hydrogen-bond acceptors (Lipinski definition) is 6. The highest BCUT2D eigenvalue weighted by molar-refractivity contribution is 7.15. The second-order valence-electron chi connectivity index (χ2n) is 6.58. The van der Waals surface area contributed by atoms with E-state index in [1.54, 1.807) is 16.7 Å². The van der Waals surface area contributed by atoms with Crippen LogP contribution in [0.5, 0.6) is 5.75 Å². The highest BCUT2D eigenvalue weighted by Gasteiger charge is 2.25. The van der Waals surface area contributed by atoms with Crippen molar-refractivity contribution in [3.05, 3.63) is 58.0 Å². The van der Waals surface area contributed by atoms with Crippen LogP contribution < -0.4 is 15.2 Å². The van der Waals surface area contributed by atoms with E-state index in [2.05, 4.69) is 27.8 Å². The number of anilines is 1. The van der Waals surface area contributed by atoms with Gasteiger partial charge in [0, 0.05) is 37.3 Å². The third kappa shape index (κ3) is 3.32. The van der Waals surface area contributed by atoms with Crippen molar-refractivity contribution in [2.45, 2.75) is 19.6 Å². The SMILES string of the molecule is CCN1CC(CN(C)Cc2cc(=O)n3ccsc3n2)Oc2ccccc21. The maximum atomic E-state index is 12.1. The van der Waals surface area contributed by atoms with Crippen LogP contribution in [-0.4, -0.2) is 47.1 Å². The van der Waals surface area contributed by atoms with E-state index in [0.717, 1.165) is 41.7 Å². The first-order chi connectivity index (χ1) is 12.6. The Hall–Kier alpha value is -2.38. The number of ether oxygens (including phenoxy) is 1. The summed E-state index contributed by atoms with van der Waals surface area (Å²) >= 11 is 1.48. The molecule has 1 aromatic carbocycles. The molecule has 0 fully saturated rings. The number of rotatable bonds is 5. The molecule has 0 spiro atoms. The molecular formula is C19H22N4O2S. The van der Waals surface area contributed by atoms with Crippen LogP contribution in [0.15, 0.2) is 46.7 Å². The van der Waals surface area contributed by atoms with Gasteiger partial charge in [-0.3, -0.25) is 14.1 Å². The van der Waals surface area contributed by atoms with Gasteiger partial charge < -0.3 is 9.64 Å². The average molecular weight is 370 g/mol. The summed E-state index contributed by atoms with van der Waals surface area (Å²) in [5, 5.41) is 1.88. The third-order valence-electron chi connectivity index (χ3n) is 4.61. The Morgan fingerprint density at radius 2 is 2.23 bits per heavy atom. The number of benzene rings is 1. The molecule has 1 aliphatic rings. The fourth-order valence-electron chi connectivity index (χ4n) is 3.43. The summed E-state index contributed by atoms with van der Waals surface area (Å²) in [6.07, 6.45) is 1.84. The molecule has 3 aromatic rings. The van der Waals surface area contributed by atoms with Crippen LogP contribution in [0, 0.1) is 0 Å². The van der Waals surface area contributed by atoms with Crippen LogP contribution in [0.3, 0.4) is 0 Å². The number of aromatic nitrogens is 2. The van der Waals surface area contributed by atoms with E-state index in [1.165, 1.54) is 11.3 Å². The summed E-state index contributed by atoms with van der Waals surface area (Å²) < 4.78 is 7.76. The van der Waals surface area contributed by atoms with Gasteiger partial charge in [0.05, 0.1) is 17.9 Å². The molecule has 0 amide bonds. The van der Waals surface area contributed by atoms with E-state index in [1.807, 2.05) is 30.6 Å². The molecule has 0 aliphatic carbocycles. The van der Waals surface area contributed by atoms with E-state index in [0.29, 0.717) is 6.54 Å². The number of hydrogen-bond donors (Lipinski definition) is 0. The molecule has 7 heteroatoms. The fourth-order valence-corrected chi connectivity index (χ4v) is 4.17. The Bertz CT molecular complexity index is 967. The van der Waals surface area contributed by atoms with Gasteiger partial charge in [-0.2, -0.15) is 0 Å². The Morgan fingerprint density at radius 1 is 1.38 bits per heavy atom. The summed E-state index contributed by atoms with van der Waals surface area (Å²) in [6.45, 7) is 5.37. The number of para-hydroxylation sites is 2. The summed E-state index contributed by atoms with van der Waals surface area (Å²) in [5.41, 5.74) is 1.93. The zero-order chi connectivity index (χ0) is 18.1. The average Bonchev–Trinajstić information content (AvgIpc) is 3.10. The molecule has 4 rings (SSSR count). The smallest absolute Gasteiger partial charge is 0.258 e. The van der Waals surface area contributed by atoms with Gasteiger partial charge in [0.15, 0.2) is 4.96 Å². The van der Waals surface area contributed by atoms with Crippen LogP contribution >= 0.6 is 11.3 Å². The van der Waals surface area contributed by atoms with Crippen LogP contribution in [0.25, 0.3) is 4.96 Å². The predicted octanol–water partition coefficient (Wildman–Crippen LogP) is 2.48. The normalized spacial score (nSPS) is 16.7. The minimum Gasteiger partial charge on any atom is -0.485 e. The van der Waals surface area contributed by atoms with E-state index in [4.69, 9.17) is 4.74 Å². The summed E-state index contributed by atoms with van der Waals surface area (Å²) in [5.74, 6) is 0.940. The van der Waals surface area contributed by atoms with Gasteiger partial charge in [-0.1, -0.05) is 12.1 Å². The lowest BCUT2D eigenvalue weighted by Gasteiger charge is -2.37. The number of thiazole rings is 1. The highest BCUT2D eigenvalue weighted by atomic mass is 32.1. The summed E-state index contributed by atoms with van der Waals surface area (Å²) in [4.78, 5) is 22.0. The Labute approximate surface area is 156 Å². The molecule has 0 radical (unpaired) electrons. The monoisotopic (exact) mass is 370 g/mol. The maximum absolute atomic E-state index is 12.1. The van der Waals surface area contributed by atoms with E-state index in [9.17, 15) is 4.79 Å². The van der Waals surface area contributed by atoms with Gasteiger partial charge >= 0.3 is 0 Å². The molecule has 1 atom stereocenters. The second kappa shape index (κ2) is 7.09. The minimum absolute atomic E-state index is 0.0281. The lowest BCUT2D eigenvalue weighted by atomic mass is 10.2. The molecule has 1 aliphatic heterocycles.